The summed E-state index contributed by atoms with van der Waals surface area (Å²) in [4.78, 5) is -0.0254. The quantitative estimate of drug-likeness (QED) is 0.922. The number of benzene rings is 1. The van der Waals surface area contributed by atoms with E-state index in [1.54, 1.807) is 0 Å². The van der Waals surface area contributed by atoms with Crippen molar-refractivity contribution < 1.29 is 8.42 Å². The molecule has 2 rings (SSSR count). The van der Waals surface area contributed by atoms with Gasteiger partial charge in [-0.05, 0) is 37.0 Å². The van der Waals surface area contributed by atoms with Crippen LogP contribution in [0.15, 0.2) is 23.1 Å². The molecule has 1 aliphatic carbocycles. The lowest BCUT2D eigenvalue weighted by Gasteiger charge is -2.25. The first-order chi connectivity index (χ1) is 8.53. The van der Waals surface area contributed by atoms with E-state index in [4.69, 9.17) is 16.9 Å². The highest BCUT2D eigenvalue weighted by atomic mass is 35.5. The summed E-state index contributed by atoms with van der Waals surface area (Å²) in [5, 5.41) is 8.91. The molecule has 0 heterocycles. The fourth-order valence-electron chi connectivity index (χ4n) is 1.78. The highest BCUT2D eigenvalue weighted by Crippen LogP contribution is 2.27. The Bertz CT molecular complexity index is 589. The van der Waals surface area contributed by atoms with Gasteiger partial charge in [-0.3, -0.25) is 0 Å². The van der Waals surface area contributed by atoms with Crippen LogP contribution in [0.25, 0.3) is 0 Å². The van der Waals surface area contributed by atoms with Crippen molar-refractivity contribution >= 4 is 21.6 Å². The van der Waals surface area contributed by atoms with Crippen molar-refractivity contribution in [3.8, 4) is 6.07 Å². The Hall–Kier alpha value is -1.09. The zero-order chi connectivity index (χ0) is 13.2. The van der Waals surface area contributed by atoms with Gasteiger partial charge in [-0.2, -0.15) is 5.26 Å². The van der Waals surface area contributed by atoms with E-state index in [0.717, 1.165) is 19.3 Å². The minimum atomic E-state index is -3.63. The van der Waals surface area contributed by atoms with Crippen molar-refractivity contribution in [1.82, 2.24) is 4.72 Å². The summed E-state index contributed by atoms with van der Waals surface area (Å²) >= 11 is 5.87. The van der Waals surface area contributed by atoms with Crippen LogP contribution in [0.1, 0.15) is 24.8 Å². The van der Waals surface area contributed by atoms with Crippen molar-refractivity contribution in [1.29, 1.82) is 5.26 Å². The summed E-state index contributed by atoms with van der Waals surface area (Å²) in [6.45, 7) is 0.440. The lowest BCUT2D eigenvalue weighted by Crippen LogP contribution is -2.32. The maximum atomic E-state index is 12.1. The van der Waals surface area contributed by atoms with Crippen LogP contribution < -0.4 is 4.72 Å². The molecule has 1 saturated carbocycles. The Balaban J connectivity index is 2.20. The maximum absolute atomic E-state index is 12.1. The summed E-state index contributed by atoms with van der Waals surface area (Å²) in [7, 11) is -3.63. The van der Waals surface area contributed by atoms with E-state index in [-0.39, 0.29) is 15.5 Å². The zero-order valence-electron chi connectivity index (χ0n) is 9.69. The fraction of sp³-hybridized carbons (Fsp3) is 0.417. The first-order valence-corrected chi connectivity index (χ1v) is 7.58. The van der Waals surface area contributed by atoms with Crippen LogP contribution in [0, 0.1) is 17.2 Å². The van der Waals surface area contributed by atoms with Crippen molar-refractivity contribution in [2.45, 2.75) is 24.2 Å². The number of hydrogen-bond acceptors (Lipinski definition) is 3. The SMILES string of the molecule is N#Cc1ccc(Cl)c(S(=O)(=O)NCC2CCC2)c1. The van der Waals surface area contributed by atoms with Crippen molar-refractivity contribution in [3.05, 3.63) is 28.8 Å². The number of nitriles is 1. The number of halogens is 1. The molecule has 0 bridgehead atoms. The summed E-state index contributed by atoms with van der Waals surface area (Å²) in [5.41, 5.74) is 0.281. The van der Waals surface area contributed by atoms with Crippen LogP contribution in [0.3, 0.4) is 0 Å². The standard InChI is InChI=1S/C12H13ClN2O2S/c13-11-5-4-10(7-14)6-12(11)18(16,17)15-8-9-2-1-3-9/h4-6,9,15H,1-3,8H2. The van der Waals surface area contributed by atoms with Gasteiger partial charge in [-0.15, -0.1) is 0 Å². The third-order valence-corrected chi connectivity index (χ3v) is 5.04. The number of nitrogens with zero attached hydrogens (tertiary/aromatic N) is 1. The van der Waals surface area contributed by atoms with Gasteiger partial charge in [0.1, 0.15) is 4.90 Å². The van der Waals surface area contributed by atoms with Crippen molar-refractivity contribution in [2.24, 2.45) is 5.92 Å². The zero-order valence-corrected chi connectivity index (χ0v) is 11.3. The molecule has 1 N–H and O–H groups in total. The molecule has 18 heavy (non-hydrogen) atoms. The molecule has 0 atom stereocenters. The molecule has 0 aliphatic heterocycles. The summed E-state index contributed by atoms with van der Waals surface area (Å²) in [6, 6.07) is 6.12. The first kappa shape index (κ1) is 13.3. The largest absolute Gasteiger partial charge is 0.242 e. The van der Waals surface area contributed by atoms with Gasteiger partial charge >= 0.3 is 0 Å². The second-order valence-electron chi connectivity index (χ2n) is 4.41. The van der Waals surface area contributed by atoms with Gasteiger partial charge in [-0.1, -0.05) is 18.0 Å². The van der Waals surface area contributed by atoms with E-state index in [0.29, 0.717) is 12.5 Å². The number of nitrogens with one attached hydrogen (secondary N) is 1. The molecule has 1 aromatic rings. The molecular formula is C12H13ClN2O2S. The average Bonchev–Trinajstić information content (AvgIpc) is 2.27. The molecule has 0 spiro atoms. The molecular weight excluding hydrogens is 272 g/mol. The third-order valence-electron chi connectivity index (χ3n) is 3.14. The van der Waals surface area contributed by atoms with Gasteiger partial charge in [0.05, 0.1) is 16.7 Å². The van der Waals surface area contributed by atoms with E-state index in [1.807, 2.05) is 6.07 Å². The Kier molecular flexibility index (Phi) is 3.91. The van der Waals surface area contributed by atoms with E-state index < -0.39 is 10.0 Å². The Morgan fingerprint density at radius 3 is 2.72 bits per heavy atom. The van der Waals surface area contributed by atoms with Crippen LogP contribution in [-0.2, 0) is 10.0 Å². The second kappa shape index (κ2) is 5.27. The van der Waals surface area contributed by atoms with E-state index >= 15 is 0 Å². The number of hydrogen-bond donors (Lipinski definition) is 1. The highest BCUT2D eigenvalue weighted by Gasteiger charge is 2.23. The molecule has 0 saturated heterocycles. The Labute approximate surface area is 112 Å². The smallest absolute Gasteiger partial charge is 0.211 e. The lowest BCUT2D eigenvalue weighted by atomic mass is 9.86. The normalized spacial score (nSPS) is 16.0. The molecule has 0 radical (unpaired) electrons. The molecule has 0 aromatic heterocycles. The molecule has 6 heteroatoms. The van der Waals surface area contributed by atoms with Crippen LogP contribution in [-0.4, -0.2) is 15.0 Å². The van der Waals surface area contributed by atoms with Gasteiger partial charge in [0.25, 0.3) is 0 Å². The third kappa shape index (κ3) is 2.83. The average molecular weight is 285 g/mol. The molecule has 96 valence electrons. The second-order valence-corrected chi connectivity index (χ2v) is 6.55. The first-order valence-electron chi connectivity index (χ1n) is 5.72. The topological polar surface area (TPSA) is 70.0 Å². The van der Waals surface area contributed by atoms with Crippen LogP contribution in [0.4, 0.5) is 0 Å². The van der Waals surface area contributed by atoms with E-state index in [1.165, 1.54) is 18.2 Å². The van der Waals surface area contributed by atoms with Gasteiger partial charge in [0, 0.05) is 6.54 Å². The number of sulfonamides is 1. The Morgan fingerprint density at radius 1 is 1.44 bits per heavy atom. The maximum Gasteiger partial charge on any atom is 0.242 e. The predicted octanol–water partition coefficient (Wildman–Crippen LogP) is 2.29. The summed E-state index contributed by atoms with van der Waals surface area (Å²) < 4.78 is 26.7. The number of rotatable bonds is 4. The highest BCUT2D eigenvalue weighted by molar-refractivity contribution is 7.89. The minimum Gasteiger partial charge on any atom is -0.211 e. The van der Waals surface area contributed by atoms with Gasteiger partial charge in [0.2, 0.25) is 10.0 Å². The summed E-state index contributed by atoms with van der Waals surface area (Å²) in [6.07, 6.45) is 3.29. The van der Waals surface area contributed by atoms with Crippen molar-refractivity contribution in [3.63, 3.8) is 0 Å². The van der Waals surface area contributed by atoms with Gasteiger partial charge in [-0.25, -0.2) is 13.1 Å². The van der Waals surface area contributed by atoms with Gasteiger partial charge < -0.3 is 0 Å². The van der Waals surface area contributed by atoms with Gasteiger partial charge in [0.15, 0.2) is 0 Å². The fourth-order valence-corrected chi connectivity index (χ4v) is 3.42. The predicted molar refractivity (Wildman–Crippen MR) is 68.7 cm³/mol. The molecule has 1 aromatic carbocycles. The van der Waals surface area contributed by atoms with Crippen LogP contribution in [0.2, 0.25) is 5.02 Å². The molecule has 1 fully saturated rings. The summed E-state index contributed by atoms with van der Waals surface area (Å²) in [5.74, 6) is 0.428. The van der Waals surface area contributed by atoms with E-state index in [2.05, 4.69) is 4.72 Å². The lowest BCUT2D eigenvalue weighted by molar-refractivity contribution is 0.316. The molecule has 4 nitrogen and oxygen atoms in total. The monoisotopic (exact) mass is 284 g/mol. The van der Waals surface area contributed by atoms with Crippen molar-refractivity contribution in [2.75, 3.05) is 6.54 Å². The molecule has 0 unspecified atom stereocenters. The molecule has 0 amide bonds. The van der Waals surface area contributed by atoms with E-state index in [9.17, 15) is 8.42 Å². The van der Waals surface area contributed by atoms with Crippen LogP contribution in [0.5, 0.6) is 0 Å². The van der Waals surface area contributed by atoms with Crippen LogP contribution >= 0.6 is 11.6 Å². The Morgan fingerprint density at radius 2 is 2.17 bits per heavy atom. The minimum absolute atomic E-state index is 0.0254. The molecule has 1 aliphatic rings.